The molecule has 0 heterocycles. The number of fused-ring (bicyclic) bond motifs is 1. The molecule has 2 rings (SSSR count). The Morgan fingerprint density at radius 3 is 2.17 bits per heavy atom. The molecule has 0 saturated heterocycles. The minimum Gasteiger partial charge on any atom is -0.295 e. The average molecular weight is 260 g/mol. The second-order valence-corrected chi connectivity index (χ2v) is 11.6. The molecular formula is C16H24OSi. The lowest BCUT2D eigenvalue weighted by Crippen LogP contribution is -2.41. The van der Waals surface area contributed by atoms with E-state index in [-0.39, 0.29) is 5.78 Å². The minimum absolute atomic E-state index is 0.243. The van der Waals surface area contributed by atoms with Crippen LogP contribution in [-0.2, 0) is 12.8 Å². The highest BCUT2D eigenvalue weighted by molar-refractivity contribution is 6.89. The van der Waals surface area contributed by atoms with Crippen molar-refractivity contribution in [1.29, 1.82) is 0 Å². The van der Waals surface area contributed by atoms with E-state index in [4.69, 9.17) is 0 Å². The quantitative estimate of drug-likeness (QED) is 0.586. The summed E-state index contributed by atoms with van der Waals surface area (Å²) in [4.78, 5) is 11.9. The molecule has 0 radical (unpaired) electrons. The topological polar surface area (TPSA) is 17.1 Å². The molecule has 0 amide bonds. The number of hydrogen-bond donors (Lipinski definition) is 0. The molecule has 1 aromatic carbocycles. The fraction of sp³-hybridized carbons (Fsp3) is 0.562. The van der Waals surface area contributed by atoms with Gasteiger partial charge in [-0.15, -0.1) is 0 Å². The molecule has 18 heavy (non-hydrogen) atoms. The minimum atomic E-state index is -1.37. The van der Waals surface area contributed by atoms with Gasteiger partial charge in [0.2, 0.25) is 0 Å². The van der Waals surface area contributed by atoms with Crippen LogP contribution in [0, 0.1) is 6.92 Å². The van der Waals surface area contributed by atoms with Gasteiger partial charge in [-0.3, -0.25) is 4.79 Å². The monoisotopic (exact) mass is 260 g/mol. The van der Waals surface area contributed by atoms with Crippen molar-refractivity contribution >= 4 is 19.0 Å². The first-order chi connectivity index (χ1) is 8.32. The van der Waals surface area contributed by atoms with Crippen molar-refractivity contribution in [2.45, 2.75) is 59.2 Å². The summed E-state index contributed by atoms with van der Waals surface area (Å²) in [6.45, 7) is 11.1. The van der Waals surface area contributed by atoms with Crippen molar-refractivity contribution in [2.24, 2.45) is 0 Å². The number of benzene rings is 1. The summed E-state index contributed by atoms with van der Waals surface area (Å²) in [6.07, 6.45) is 4.77. The van der Waals surface area contributed by atoms with Crippen LogP contribution in [-0.4, -0.2) is 13.9 Å². The van der Waals surface area contributed by atoms with Crippen LogP contribution in [0.4, 0.5) is 0 Å². The summed E-state index contributed by atoms with van der Waals surface area (Å²) in [5, 5.41) is 1.48. The van der Waals surface area contributed by atoms with Gasteiger partial charge in [-0.05, 0) is 56.2 Å². The highest BCUT2D eigenvalue weighted by atomic mass is 28.3. The number of ketones is 1. The molecule has 0 unspecified atom stereocenters. The molecule has 0 fully saturated rings. The van der Waals surface area contributed by atoms with E-state index < -0.39 is 8.07 Å². The predicted octanol–water partition coefficient (Wildman–Crippen LogP) is 3.62. The van der Waals surface area contributed by atoms with Gasteiger partial charge < -0.3 is 0 Å². The van der Waals surface area contributed by atoms with Gasteiger partial charge in [-0.2, -0.15) is 0 Å². The van der Waals surface area contributed by atoms with Crippen LogP contribution >= 0.6 is 0 Å². The molecule has 1 aliphatic rings. The SMILES string of the molecule is CC(=O)c1cc([Si](C)(C)C)c(C)c2c1CCCC2. The van der Waals surface area contributed by atoms with Crippen molar-refractivity contribution in [3.63, 3.8) is 0 Å². The van der Waals surface area contributed by atoms with Gasteiger partial charge in [0.25, 0.3) is 0 Å². The number of rotatable bonds is 2. The van der Waals surface area contributed by atoms with Crippen LogP contribution < -0.4 is 5.19 Å². The first-order valence-corrected chi connectivity index (χ1v) is 10.5. The maximum Gasteiger partial charge on any atom is 0.160 e. The number of Topliss-reactive ketones (excluding diaryl/α,β-unsaturated/α-hetero) is 1. The van der Waals surface area contributed by atoms with Crippen LogP contribution in [0.1, 0.15) is 46.8 Å². The van der Waals surface area contributed by atoms with Crippen molar-refractivity contribution in [1.82, 2.24) is 0 Å². The first kappa shape index (κ1) is 13.5. The second kappa shape index (κ2) is 4.65. The van der Waals surface area contributed by atoms with Crippen molar-refractivity contribution in [2.75, 3.05) is 0 Å². The van der Waals surface area contributed by atoms with E-state index >= 15 is 0 Å². The lowest BCUT2D eigenvalue weighted by atomic mass is 9.84. The zero-order valence-corrected chi connectivity index (χ0v) is 13.3. The zero-order chi connectivity index (χ0) is 13.5. The third-order valence-electron chi connectivity index (χ3n) is 4.13. The molecule has 98 valence electrons. The highest BCUT2D eigenvalue weighted by Crippen LogP contribution is 2.28. The molecule has 0 saturated carbocycles. The largest absolute Gasteiger partial charge is 0.295 e. The molecule has 1 nitrogen and oxygen atoms in total. The van der Waals surface area contributed by atoms with Crippen molar-refractivity contribution in [3.8, 4) is 0 Å². The van der Waals surface area contributed by atoms with Crippen LogP contribution in [0.5, 0.6) is 0 Å². The fourth-order valence-corrected chi connectivity index (χ4v) is 5.07. The summed E-state index contributed by atoms with van der Waals surface area (Å²) in [5.41, 5.74) is 5.33. The van der Waals surface area contributed by atoms with E-state index in [0.29, 0.717) is 0 Å². The van der Waals surface area contributed by atoms with Gasteiger partial charge >= 0.3 is 0 Å². The molecule has 0 N–H and O–H groups in total. The molecule has 0 atom stereocenters. The Morgan fingerprint density at radius 1 is 1.11 bits per heavy atom. The number of carbonyl (C=O) groups is 1. The Bertz CT molecular complexity index is 495. The van der Waals surface area contributed by atoms with E-state index in [0.717, 1.165) is 12.0 Å². The standard InChI is InChI=1S/C16H24OSi/c1-11-13-8-6-7-9-14(13)15(12(2)17)10-16(11)18(3,4)5/h10H,6-9H2,1-5H3. The molecule has 0 aliphatic heterocycles. The van der Waals surface area contributed by atoms with Crippen molar-refractivity contribution < 1.29 is 4.79 Å². The number of hydrogen-bond acceptors (Lipinski definition) is 1. The fourth-order valence-electron chi connectivity index (χ4n) is 3.21. The average Bonchev–Trinajstić information content (AvgIpc) is 2.27. The Morgan fingerprint density at radius 2 is 1.67 bits per heavy atom. The summed E-state index contributed by atoms with van der Waals surface area (Å²) in [6, 6.07) is 2.22. The molecule has 1 aliphatic carbocycles. The lowest BCUT2D eigenvalue weighted by Gasteiger charge is -2.28. The van der Waals surface area contributed by atoms with Gasteiger partial charge in [-0.25, -0.2) is 0 Å². The van der Waals surface area contributed by atoms with E-state index in [1.54, 1.807) is 6.92 Å². The first-order valence-electron chi connectivity index (χ1n) is 6.99. The maximum absolute atomic E-state index is 11.9. The van der Waals surface area contributed by atoms with E-state index in [9.17, 15) is 4.79 Å². The summed E-state index contributed by atoms with van der Waals surface area (Å²) in [7, 11) is -1.37. The summed E-state index contributed by atoms with van der Waals surface area (Å²) >= 11 is 0. The summed E-state index contributed by atoms with van der Waals surface area (Å²) < 4.78 is 0. The second-order valence-electron chi connectivity index (χ2n) is 6.57. The van der Waals surface area contributed by atoms with Crippen LogP contribution in [0.2, 0.25) is 19.6 Å². The normalized spacial score (nSPS) is 15.4. The van der Waals surface area contributed by atoms with Crippen LogP contribution in [0.25, 0.3) is 0 Å². The molecule has 0 spiro atoms. The third-order valence-corrected chi connectivity index (χ3v) is 6.26. The smallest absolute Gasteiger partial charge is 0.160 e. The van der Waals surface area contributed by atoms with Gasteiger partial charge in [-0.1, -0.05) is 30.9 Å². The highest BCUT2D eigenvalue weighted by Gasteiger charge is 2.26. The zero-order valence-electron chi connectivity index (χ0n) is 12.3. The van der Waals surface area contributed by atoms with Crippen LogP contribution in [0.3, 0.4) is 0 Å². The predicted molar refractivity (Wildman–Crippen MR) is 80.8 cm³/mol. The maximum atomic E-state index is 11.9. The van der Waals surface area contributed by atoms with Gasteiger partial charge in [0, 0.05) is 5.56 Å². The van der Waals surface area contributed by atoms with Crippen molar-refractivity contribution in [3.05, 3.63) is 28.3 Å². The molecule has 2 heteroatoms. The van der Waals surface area contributed by atoms with Gasteiger partial charge in [0.15, 0.2) is 5.78 Å². The van der Waals surface area contributed by atoms with Gasteiger partial charge in [0.1, 0.15) is 0 Å². The lowest BCUT2D eigenvalue weighted by molar-refractivity contribution is 0.101. The van der Waals surface area contributed by atoms with E-state index in [1.165, 1.54) is 41.1 Å². The van der Waals surface area contributed by atoms with E-state index in [1.807, 2.05) is 0 Å². The summed E-state index contributed by atoms with van der Waals surface area (Å²) in [5.74, 6) is 0.243. The van der Waals surface area contributed by atoms with Gasteiger partial charge in [0.05, 0.1) is 8.07 Å². The van der Waals surface area contributed by atoms with Crippen LogP contribution in [0.15, 0.2) is 6.07 Å². The molecule has 0 bridgehead atoms. The number of carbonyl (C=O) groups excluding carboxylic acids is 1. The molecular weight excluding hydrogens is 236 g/mol. The Kier molecular flexibility index (Phi) is 3.50. The molecule has 0 aromatic heterocycles. The Hall–Kier alpha value is -0.893. The Labute approximate surface area is 112 Å². The molecule has 1 aromatic rings. The van der Waals surface area contributed by atoms with E-state index in [2.05, 4.69) is 32.6 Å². The Balaban J connectivity index is 2.72. The third kappa shape index (κ3) is 2.31.